The Morgan fingerprint density at radius 3 is 2.71 bits per heavy atom. The normalized spacial score (nSPS) is 16.1. The summed E-state index contributed by atoms with van der Waals surface area (Å²) in [4.78, 5) is 15.0. The molecule has 1 amide bonds. The van der Waals surface area contributed by atoms with Crippen LogP contribution in [-0.4, -0.2) is 49.5 Å². The predicted octanol–water partition coefficient (Wildman–Crippen LogP) is 4.15. The number of benzene rings is 2. The van der Waals surface area contributed by atoms with E-state index in [1.165, 1.54) is 0 Å². The summed E-state index contributed by atoms with van der Waals surface area (Å²) in [6.07, 6.45) is 1.86. The summed E-state index contributed by atoms with van der Waals surface area (Å²) < 4.78 is 10.5. The number of halogens is 1. The summed E-state index contributed by atoms with van der Waals surface area (Å²) in [7, 11) is 3.19. The molecule has 2 heterocycles. The largest absolute Gasteiger partial charge is 0.497 e. The van der Waals surface area contributed by atoms with Crippen LogP contribution < -0.4 is 19.7 Å². The SMILES string of the molecule is COc1ccc(-c2cc(N3CCC[C@@H](NC(=O)c4cc(Cl)ccc4OC)C3)n[nH]2)cc1. The second-order valence-corrected chi connectivity index (χ2v) is 7.91. The number of H-pyrrole nitrogens is 1. The molecule has 0 unspecified atom stereocenters. The molecule has 1 aliphatic rings. The number of nitrogens with zero attached hydrogens (tertiary/aromatic N) is 2. The zero-order valence-corrected chi connectivity index (χ0v) is 18.3. The molecule has 0 spiro atoms. The molecule has 2 N–H and O–H groups in total. The van der Waals surface area contributed by atoms with Crippen molar-refractivity contribution in [2.75, 3.05) is 32.2 Å². The maximum atomic E-state index is 12.8. The molecule has 4 rings (SSSR count). The summed E-state index contributed by atoms with van der Waals surface area (Å²) in [5.74, 6) is 2.00. The van der Waals surface area contributed by atoms with Gasteiger partial charge in [0.05, 0.1) is 25.5 Å². The number of methoxy groups -OCH3 is 2. The number of aromatic amines is 1. The Morgan fingerprint density at radius 1 is 1.16 bits per heavy atom. The zero-order valence-electron chi connectivity index (χ0n) is 17.5. The van der Waals surface area contributed by atoms with Gasteiger partial charge in [-0.05, 0) is 60.9 Å². The Hall–Kier alpha value is -3.19. The topological polar surface area (TPSA) is 79.5 Å². The summed E-state index contributed by atoms with van der Waals surface area (Å²) in [6.45, 7) is 1.57. The molecule has 0 aliphatic carbocycles. The molecule has 8 heteroatoms. The number of amides is 1. The van der Waals surface area contributed by atoms with Gasteiger partial charge < -0.3 is 19.7 Å². The van der Waals surface area contributed by atoms with Gasteiger partial charge in [-0.25, -0.2) is 0 Å². The van der Waals surface area contributed by atoms with Gasteiger partial charge in [-0.15, -0.1) is 0 Å². The van der Waals surface area contributed by atoms with Crippen molar-refractivity contribution in [3.8, 4) is 22.8 Å². The first kappa shape index (κ1) is 21.1. The van der Waals surface area contributed by atoms with Gasteiger partial charge in [0.1, 0.15) is 11.5 Å². The van der Waals surface area contributed by atoms with E-state index >= 15 is 0 Å². The van der Waals surface area contributed by atoms with Crippen molar-refractivity contribution in [3.63, 3.8) is 0 Å². The zero-order chi connectivity index (χ0) is 21.8. The molecular weight excluding hydrogens is 416 g/mol. The molecule has 3 aromatic rings. The fourth-order valence-electron chi connectivity index (χ4n) is 3.82. The maximum Gasteiger partial charge on any atom is 0.255 e. The van der Waals surface area contributed by atoms with Crippen LogP contribution in [0.25, 0.3) is 11.3 Å². The minimum Gasteiger partial charge on any atom is -0.497 e. The third-order valence-electron chi connectivity index (χ3n) is 5.45. The quantitative estimate of drug-likeness (QED) is 0.602. The van der Waals surface area contributed by atoms with Crippen LogP contribution in [0, 0.1) is 0 Å². The number of anilines is 1. The lowest BCUT2D eigenvalue weighted by Crippen LogP contribution is -2.48. The highest BCUT2D eigenvalue weighted by Gasteiger charge is 2.25. The van der Waals surface area contributed by atoms with Crippen LogP contribution in [0.3, 0.4) is 0 Å². The van der Waals surface area contributed by atoms with Crippen LogP contribution in [0.4, 0.5) is 5.82 Å². The number of carbonyl (C=O) groups is 1. The highest BCUT2D eigenvalue weighted by Crippen LogP contribution is 2.26. The molecule has 1 atom stereocenters. The third kappa shape index (κ3) is 4.77. The fourth-order valence-corrected chi connectivity index (χ4v) is 3.99. The van der Waals surface area contributed by atoms with E-state index in [0.29, 0.717) is 22.9 Å². The number of hydrogen-bond donors (Lipinski definition) is 2. The van der Waals surface area contributed by atoms with Crippen LogP contribution in [0.5, 0.6) is 11.5 Å². The molecule has 1 saturated heterocycles. The molecule has 31 heavy (non-hydrogen) atoms. The third-order valence-corrected chi connectivity index (χ3v) is 5.69. The van der Waals surface area contributed by atoms with Crippen LogP contribution in [0.2, 0.25) is 5.02 Å². The van der Waals surface area contributed by atoms with Gasteiger partial charge in [0.25, 0.3) is 5.91 Å². The first-order chi connectivity index (χ1) is 15.1. The van der Waals surface area contributed by atoms with E-state index in [-0.39, 0.29) is 11.9 Å². The minimum atomic E-state index is -0.188. The first-order valence-corrected chi connectivity index (χ1v) is 10.5. The van der Waals surface area contributed by atoms with Crippen LogP contribution in [-0.2, 0) is 0 Å². The first-order valence-electron chi connectivity index (χ1n) is 10.2. The van der Waals surface area contributed by atoms with Gasteiger partial charge in [0.15, 0.2) is 5.82 Å². The molecule has 0 radical (unpaired) electrons. The lowest BCUT2D eigenvalue weighted by molar-refractivity contribution is 0.0930. The fraction of sp³-hybridized carbons (Fsp3) is 0.304. The minimum absolute atomic E-state index is 0.00562. The van der Waals surface area contributed by atoms with Crippen LogP contribution in [0.1, 0.15) is 23.2 Å². The number of nitrogens with one attached hydrogen (secondary N) is 2. The van der Waals surface area contributed by atoms with E-state index in [1.54, 1.807) is 32.4 Å². The summed E-state index contributed by atoms with van der Waals surface area (Å²) >= 11 is 6.07. The van der Waals surface area contributed by atoms with Crippen molar-refractivity contribution in [2.24, 2.45) is 0 Å². The molecule has 7 nitrogen and oxygen atoms in total. The second-order valence-electron chi connectivity index (χ2n) is 7.47. The van der Waals surface area contributed by atoms with Crippen molar-refractivity contribution in [2.45, 2.75) is 18.9 Å². The van der Waals surface area contributed by atoms with Gasteiger partial charge in [-0.1, -0.05) is 11.6 Å². The molecule has 0 bridgehead atoms. The molecule has 1 aliphatic heterocycles. The maximum absolute atomic E-state index is 12.8. The van der Waals surface area contributed by atoms with Gasteiger partial charge >= 0.3 is 0 Å². The van der Waals surface area contributed by atoms with Crippen molar-refractivity contribution >= 4 is 23.3 Å². The van der Waals surface area contributed by atoms with E-state index < -0.39 is 0 Å². The van der Waals surface area contributed by atoms with E-state index in [1.807, 2.05) is 30.3 Å². The van der Waals surface area contributed by atoms with Gasteiger partial charge in [-0.2, -0.15) is 5.10 Å². The lowest BCUT2D eigenvalue weighted by Gasteiger charge is -2.33. The van der Waals surface area contributed by atoms with Crippen LogP contribution in [0.15, 0.2) is 48.5 Å². The number of piperidine rings is 1. The van der Waals surface area contributed by atoms with Crippen LogP contribution >= 0.6 is 11.6 Å². The average Bonchev–Trinajstić information content (AvgIpc) is 3.29. The monoisotopic (exact) mass is 440 g/mol. The Kier molecular flexibility index (Phi) is 6.32. The van der Waals surface area contributed by atoms with Crippen molar-refractivity contribution in [1.82, 2.24) is 15.5 Å². The Balaban J connectivity index is 1.44. The van der Waals surface area contributed by atoms with Crippen molar-refractivity contribution < 1.29 is 14.3 Å². The summed E-state index contributed by atoms with van der Waals surface area (Å²) in [5.41, 5.74) is 2.41. The number of hydrogen-bond acceptors (Lipinski definition) is 5. The van der Waals surface area contributed by atoms with E-state index in [2.05, 4.69) is 20.4 Å². The standard InChI is InChI=1S/C23H25ClN4O3/c1-30-18-8-5-15(6-9-18)20-13-22(27-26-20)28-11-3-4-17(14-28)25-23(29)19-12-16(24)7-10-21(19)31-2/h5-10,12-13,17H,3-4,11,14H2,1-2H3,(H,25,29)(H,26,27)/t17-/m1/s1. The number of aromatic nitrogens is 2. The highest BCUT2D eigenvalue weighted by atomic mass is 35.5. The molecule has 162 valence electrons. The van der Waals surface area contributed by atoms with E-state index in [0.717, 1.165) is 42.2 Å². The van der Waals surface area contributed by atoms with Gasteiger partial charge in [0.2, 0.25) is 0 Å². The summed E-state index contributed by atoms with van der Waals surface area (Å²) in [5, 5.41) is 11.2. The predicted molar refractivity (Wildman–Crippen MR) is 121 cm³/mol. The number of rotatable bonds is 6. The smallest absolute Gasteiger partial charge is 0.255 e. The van der Waals surface area contributed by atoms with E-state index in [9.17, 15) is 4.79 Å². The molecule has 0 saturated carbocycles. The molecule has 1 fully saturated rings. The highest BCUT2D eigenvalue weighted by molar-refractivity contribution is 6.31. The second kappa shape index (κ2) is 9.31. The Morgan fingerprint density at radius 2 is 1.97 bits per heavy atom. The lowest BCUT2D eigenvalue weighted by atomic mass is 10.0. The van der Waals surface area contributed by atoms with Gasteiger partial charge in [0, 0.05) is 30.2 Å². The number of ether oxygens (including phenoxy) is 2. The molecule has 2 aromatic carbocycles. The van der Waals surface area contributed by atoms with Gasteiger partial charge in [-0.3, -0.25) is 9.89 Å². The molecule has 1 aromatic heterocycles. The number of carbonyl (C=O) groups excluding carboxylic acids is 1. The average molecular weight is 441 g/mol. The summed E-state index contributed by atoms with van der Waals surface area (Å²) in [6, 6.07) is 14.9. The molecular formula is C23H25ClN4O3. The van der Waals surface area contributed by atoms with Crippen molar-refractivity contribution in [3.05, 3.63) is 59.1 Å². The van der Waals surface area contributed by atoms with E-state index in [4.69, 9.17) is 21.1 Å². The van der Waals surface area contributed by atoms with Crippen molar-refractivity contribution in [1.29, 1.82) is 0 Å². The Bertz CT molecular complexity index is 1050. The Labute approximate surface area is 186 Å².